The number of amides is 1. The van der Waals surface area contributed by atoms with E-state index in [-0.39, 0.29) is 5.91 Å². The van der Waals surface area contributed by atoms with E-state index in [2.05, 4.69) is 26.5 Å². The zero-order valence-corrected chi connectivity index (χ0v) is 13.7. The number of morpholine rings is 1. The van der Waals surface area contributed by atoms with Gasteiger partial charge in [0.25, 0.3) is 5.91 Å². The first-order valence-corrected chi connectivity index (χ1v) is 8.57. The lowest BCUT2D eigenvalue weighted by Gasteiger charge is -2.26. The zero-order valence-electron chi connectivity index (χ0n) is 13.7. The number of allylic oxidation sites excluding steroid dienone is 1. The number of hydrogen-bond acceptors (Lipinski definition) is 4. The highest BCUT2D eigenvalue weighted by molar-refractivity contribution is 6.01. The van der Waals surface area contributed by atoms with Crippen LogP contribution in [0.5, 0.6) is 0 Å². The van der Waals surface area contributed by atoms with Crippen molar-refractivity contribution >= 4 is 12.0 Å². The van der Waals surface area contributed by atoms with E-state index in [0.717, 1.165) is 73.6 Å². The third kappa shape index (κ3) is 2.95. The van der Waals surface area contributed by atoms with E-state index in [1.807, 2.05) is 18.3 Å². The molecule has 2 aliphatic heterocycles. The molecule has 0 bridgehead atoms. The molecule has 0 aromatic rings. The Labute approximate surface area is 141 Å². The van der Waals surface area contributed by atoms with Gasteiger partial charge >= 0.3 is 0 Å². The predicted molar refractivity (Wildman–Crippen MR) is 92.2 cm³/mol. The van der Waals surface area contributed by atoms with Crippen LogP contribution in [0.1, 0.15) is 28.0 Å². The third-order valence-electron chi connectivity index (χ3n) is 4.78. The van der Waals surface area contributed by atoms with Crippen LogP contribution in [0.15, 0.2) is 18.3 Å². The molecule has 2 heterocycles. The van der Waals surface area contributed by atoms with Gasteiger partial charge in [0.1, 0.15) is 0 Å². The number of hydrogen-bond donors (Lipinski definition) is 2. The number of nitrogens with zero attached hydrogens (tertiary/aromatic N) is 2. The van der Waals surface area contributed by atoms with Gasteiger partial charge in [-0.15, -0.1) is 0 Å². The minimum Gasteiger partial charge on any atom is -0.379 e. The number of ether oxygens (including phenoxy) is 1. The summed E-state index contributed by atoms with van der Waals surface area (Å²) < 4.78 is 5.35. The first kappa shape index (κ1) is 15.4. The SMILES string of the molecule is O=C(NCCN1CCOCC1)c1cc2c[nH]nc3c-2c1CCC=C3. The van der Waals surface area contributed by atoms with E-state index >= 15 is 0 Å². The van der Waals surface area contributed by atoms with E-state index in [4.69, 9.17) is 4.74 Å². The lowest BCUT2D eigenvalue weighted by atomic mass is 10.0. The molecule has 0 aromatic carbocycles. The van der Waals surface area contributed by atoms with Crippen LogP contribution >= 0.6 is 0 Å². The number of aromatic nitrogens is 2. The van der Waals surface area contributed by atoms with Crippen molar-refractivity contribution in [3.63, 3.8) is 0 Å². The Balaban J connectivity index is 1.48. The van der Waals surface area contributed by atoms with E-state index in [9.17, 15) is 4.79 Å². The molecule has 6 nitrogen and oxygen atoms in total. The van der Waals surface area contributed by atoms with Gasteiger partial charge in [0.2, 0.25) is 0 Å². The van der Waals surface area contributed by atoms with Gasteiger partial charge in [0.15, 0.2) is 0 Å². The summed E-state index contributed by atoms with van der Waals surface area (Å²) in [5, 5.41) is 10.3. The minimum absolute atomic E-state index is 0.0160. The number of aromatic amines is 1. The second-order valence-corrected chi connectivity index (χ2v) is 6.29. The molecule has 6 heteroatoms. The van der Waals surface area contributed by atoms with E-state index in [1.54, 1.807) is 0 Å². The van der Waals surface area contributed by atoms with Crippen LogP contribution in [-0.2, 0) is 11.2 Å². The van der Waals surface area contributed by atoms with Crippen LogP contribution in [0.25, 0.3) is 17.2 Å². The van der Waals surface area contributed by atoms with Crippen molar-refractivity contribution in [1.29, 1.82) is 0 Å². The van der Waals surface area contributed by atoms with E-state index < -0.39 is 0 Å². The van der Waals surface area contributed by atoms with Crippen molar-refractivity contribution < 1.29 is 9.53 Å². The summed E-state index contributed by atoms with van der Waals surface area (Å²) in [6, 6.07) is 1.98. The first-order chi connectivity index (χ1) is 11.8. The fraction of sp³-hybridized carbons (Fsp3) is 0.444. The molecule has 1 amide bonds. The highest BCUT2D eigenvalue weighted by Gasteiger charge is 2.24. The summed E-state index contributed by atoms with van der Waals surface area (Å²) >= 11 is 0. The molecular formula is C18H22N4O2. The summed E-state index contributed by atoms with van der Waals surface area (Å²) in [5.41, 5.74) is 5.00. The highest BCUT2D eigenvalue weighted by atomic mass is 16.5. The Bertz CT molecular complexity index is 731. The molecule has 24 heavy (non-hydrogen) atoms. The van der Waals surface area contributed by atoms with Crippen molar-refractivity contribution in [3.8, 4) is 11.1 Å². The quantitative estimate of drug-likeness (QED) is 0.894. The summed E-state index contributed by atoms with van der Waals surface area (Å²) in [6.07, 6.45) is 7.84. The van der Waals surface area contributed by atoms with Crippen molar-refractivity contribution in [1.82, 2.24) is 20.4 Å². The molecule has 126 valence electrons. The zero-order chi connectivity index (χ0) is 16.4. The topological polar surface area (TPSA) is 70.2 Å². The van der Waals surface area contributed by atoms with Crippen LogP contribution in [0.3, 0.4) is 0 Å². The van der Waals surface area contributed by atoms with E-state index in [1.165, 1.54) is 0 Å². The van der Waals surface area contributed by atoms with Gasteiger partial charge in [-0.1, -0.05) is 6.08 Å². The van der Waals surface area contributed by atoms with Crippen LogP contribution in [-0.4, -0.2) is 60.4 Å². The lowest BCUT2D eigenvalue weighted by Crippen LogP contribution is -2.41. The molecule has 0 unspecified atom stereocenters. The number of carbonyl (C=O) groups excluding carboxylic acids is 1. The smallest absolute Gasteiger partial charge is 0.251 e. The Morgan fingerprint density at radius 1 is 1.38 bits per heavy atom. The molecule has 4 aliphatic rings. The van der Waals surface area contributed by atoms with Crippen molar-refractivity contribution in [2.24, 2.45) is 0 Å². The Morgan fingerprint density at radius 2 is 2.25 bits per heavy atom. The normalized spacial score (nSPS) is 17.8. The summed E-state index contributed by atoms with van der Waals surface area (Å²) in [4.78, 5) is 15.0. The van der Waals surface area contributed by atoms with Crippen LogP contribution < -0.4 is 5.32 Å². The molecular weight excluding hydrogens is 304 g/mol. The maximum absolute atomic E-state index is 12.7. The van der Waals surface area contributed by atoms with Crippen molar-refractivity contribution in [2.45, 2.75) is 12.8 Å². The molecule has 1 saturated heterocycles. The predicted octanol–water partition coefficient (Wildman–Crippen LogP) is 1.54. The molecule has 2 N–H and O–H groups in total. The number of nitrogens with one attached hydrogen (secondary N) is 2. The molecule has 0 saturated carbocycles. The average Bonchev–Trinajstić information content (AvgIpc) is 2.85. The molecule has 0 aromatic heterocycles. The average molecular weight is 326 g/mol. The van der Waals surface area contributed by atoms with Gasteiger partial charge in [-0.2, -0.15) is 5.10 Å². The monoisotopic (exact) mass is 326 g/mol. The second-order valence-electron chi connectivity index (χ2n) is 6.29. The molecule has 0 atom stereocenters. The van der Waals surface area contributed by atoms with Crippen molar-refractivity contribution in [3.05, 3.63) is 35.2 Å². The fourth-order valence-electron chi connectivity index (χ4n) is 3.52. The maximum atomic E-state index is 12.7. The maximum Gasteiger partial charge on any atom is 0.251 e. The fourth-order valence-corrected chi connectivity index (χ4v) is 3.52. The number of carbonyl (C=O) groups is 1. The minimum atomic E-state index is 0.0160. The molecule has 0 radical (unpaired) electrons. The van der Waals surface area contributed by atoms with Gasteiger partial charge in [-0.05, 0) is 30.5 Å². The highest BCUT2D eigenvalue weighted by Crippen LogP contribution is 2.36. The van der Waals surface area contributed by atoms with Gasteiger partial charge in [0, 0.05) is 49.1 Å². The molecule has 1 fully saturated rings. The van der Waals surface area contributed by atoms with Crippen LogP contribution in [0, 0.1) is 0 Å². The van der Waals surface area contributed by atoms with Gasteiger partial charge in [-0.3, -0.25) is 14.8 Å². The Morgan fingerprint density at radius 3 is 3.12 bits per heavy atom. The van der Waals surface area contributed by atoms with Gasteiger partial charge in [-0.25, -0.2) is 0 Å². The van der Waals surface area contributed by atoms with E-state index in [0.29, 0.717) is 6.54 Å². The molecule has 4 rings (SSSR count). The van der Waals surface area contributed by atoms with Crippen LogP contribution in [0.2, 0.25) is 0 Å². The van der Waals surface area contributed by atoms with Gasteiger partial charge in [0.05, 0.1) is 18.9 Å². The third-order valence-corrected chi connectivity index (χ3v) is 4.78. The molecule has 2 aliphatic carbocycles. The largest absolute Gasteiger partial charge is 0.379 e. The second kappa shape index (κ2) is 6.75. The number of rotatable bonds is 4. The first-order valence-electron chi connectivity index (χ1n) is 8.57. The van der Waals surface area contributed by atoms with Crippen molar-refractivity contribution in [2.75, 3.05) is 39.4 Å². The summed E-state index contributed by atoms with van der Waals surface area (Å²) in [5.74, 6) is 0.0160. The summed E-state index contributed by atoms with van der Waals surface area (Å²) in [6.45, 7) is 4.98. The standard InChI is InChI=1S/C18H22N4O2/c23-18(19-5-6-22-7-9-24-10-8-22)15-11-13-12-20-21-16-4-2-1-3-14(15)17(13)16/h2,4,11-12,20H,1,3,5-10H2,(H,19,23). The Kier molecular flexibility index (Phi) is 4.32. The lowest BCUT2D eigenvalue weighted by molar-refractivity contribution is 0.0383. The Hall–Kier alpha value is -2.18. The number of H-pyrrole nitrogens is 1. The summed E-state index contributed by atoms with van der Waals surface area (Å²) in [7, 11) is 0. The van der Waals surface area contributed by atoms with Crippen LogP contribution in [0.4, 0.5) is 0 Å². The molecule has 0 spiro atoms. The van der Waals surface area contributed by atoms with Gasteiger partial charge < -0.3 is 10.1 Å².